The normalized spacial score (nSPS) is 11.6. The number of carbonyl (C=O) groups is 1. The molecule has 2 aromatic carbocycles. The number of hydrogen-bond acceptors (Lipinski definition) is 3. The van der Waals surface area contributed by atoms with Gasteiger partial charge in [-0.15, -0.1) is 0 Å². The third kappa shape index (κ3) is 3.77. The number of carbonyl (C=O) groups excluding carboxylic acids is 1. The second-order valence-electron chi connectivity index (χ2n) is 5.55. The summed E-state index contributed by atoms with van der Waals surface area (Å²) in [6.45, 7) is 0.420. The zero-order chi connectivity index (χ0) is 17.8. The molecule has 0 bridgehead atoms. The molecule has 0 atom stereocenters. The molecule has 0 radical (unpaired) electrons. The number of aromatic nitrogens is 1. The van der Waals surface area contributed by atoms with Crippen LogP contribution in [-0.4, -0.2) is 24.8 Å². The summed E-state index contributed by atoms with van der Waals surface area (Å²) in [7, 11) is 3.04. The summed E-state index contributed by atoms with van der Waals surface area (Å²) in [5, 5.41) is 1.06. The van der Waals surface area contributed by atoms with Crippen LogP contribution >= 0.6 is 15.9 Å². The number of fused-ring (bicyclic) bond motifs is 1. The van der Waals surface area contributed by atoms with Crippen LogP contribution in [0.5, 0.6) is 5.75 Å². The van der Waals surface area contributed by atoms with Gasteiger partial charge >= 0.3 is 5.97 Å². The quantitative estimate of drug-likeness (QED) is 0.462. The van der Waals surface area contributed by atoms with Crippen molar-refractivity contribution in [2.75, 3.05) is 14.2 Å². The first-order valence-electron chi connectivity index (χ1n) is 7.78. The lowest BCUT2D eigenvalue weighted by molar-refractivity contribution is -0.136. The number of methoxy groups -OCH3 is 2. The predicted octanol–water partition coefficient (Wildman–Crippen LogP) is 4.67. The molecule has 3 aromatic rings. The van der Waals surface area contributed by atoms with Gasteiger partial charge < -0.3 is 14.0 Å². The largest absolute Gasteiger partial charge is 0.497 e. The molecule has 0 fully saturated rings. The third-order valence-electron chi connectivity index (χ3n) is 4.00. The summed E-state index contributed by atoms with van der Waals surface area (Å²) in [6.07, 6.45) is 3.81. The molecule has 128 valence electrons. The van der Waals surface area contributed by atoms with Crippen LogP contribution in [0.1, 0.15) is 5.56 Å². The summed E-state index contributed by atoms with van der Waals surface area (Å²) < 4.78 is 13.2. The van der Waals surface area contributed by atoms with Crippen molar-refractivity contribution in [3.05, 3.63) is 70.3 Å². The molecule has 0 saturated heterocycles. The Morgan fingerprint density at radius 1 is 1.16 bits per heavy atom. The Morgan fingerprint density at radius 2 is 1.96 bits per heavy atom. The van der Waals surface area contributed by atoms with Gasteiger partial charge in [0, 0.05) is 21.6 Å². The van der Waals surface area contributed by atoms with Crippen LogP contribution in [-0.2, 0) is 16.1 Å². The van der Waals surface area contributed by atoms with Gasteiger partial charge in [0.1, 0.15) is 5.75 Å². The fourth-order valence-corrected chi connectivity index (χ4v) is 3.11. The minimum absolute atomic E-state index is 0.342. The van der Waals surface area contributed by atoms with Gasteiger partial charge in [-0.25, -0.2) is 4.79 Å². The molecule has 0 N–H and O–H groups in total. The molecule has 25 heavy (non-hydrogen) atoms. The topological polar surface area (TPSA) is 40.5 Å². The molecule has 4 nitrogen and oxygen atoms in total. The maximum Gasteiger partial charge on any atom is 0.335 e. The van der Waals surface area contributed by atoms with Crippen LogP contribution < -0.4 is 4.74 Å². The highest BCUT2D eigenvalue weighted by Crippen LogP contribution is 2.24. The SMILES string of the molecule is COC(=O)/C(=C/c1ccccc1Br)Cn1ccc2cc(OC)ccc21. The first-order valence-corrected chi connectivity index (χ1v) is 8.58. The lowest BCUT2D eigenvalue weighted by Gasteiger charge is -2.10. The Morgan fingerprint density at radius 3 is 2.68 bits per heavy atom. The average molecular weight is 400 g/mol. The minimum atomic E-state index is -0.342. The predicted molar refractivity (Wildman–Crippen MR) is 103 cm³/mol. The lowest BCUT2D eigenvalue weighted by Crippen LogP contribution is -2.11. The summed E-state index contributed by atoms with van der Waals surface area (Å²) in [6, 6.07) is 15.6. The van der Waals surface area contributed by atoms with Crippen molar-refractivity contribution >= 4 is 38.9 Å². The second-order valence-corrected chi connectivity index (χ2v) is 6.41. The molecule has 0 aliphatic rings. The Balaban J connectivity index is 1.99. The number of ether oxygens (including phenoxy) is 2. The molecule has 1 heterocycles. The van der Waals surface area contributed by atoms with Gasteiger partial charge in [-0.05, 0) is 42.0 Å². The van der Waals surface area contributed by atoms with Crippen molar-refractivity contribution in [3.8, 4) is 5.75 Å². The maximum absolute atomic E-state index is 12.3. The number of rotatable bonds is 5. The molecule has 0 spiro atoms. The average Bonchev–Trinajstić information content (AvgIpc) is 3.04. The molecule has 0 amide bonds. The first kappa shape index (κ1) is 17.3. The van der Waals surface area contributed by atoms with E-state index in [1.54, 1.807) is 7.11 Å². The molecule has 3 rings (SSSR count). The highest BCUT2D eigenvalue weighted by molar-refractivity contribution is 9.10. The molecular weight excluding hydrogens is 382 g/mol. The zero-order valence-electron chi connectivity index (χ0n) is 14.0. The number of hydrogen-bond donors (Lipinski definition) is 0. The van der Waals surface area contributed by atoms with Crippen LogP contribution in [0.15, 0.2) is 64.8 Å². The smallest absolute Gasteiger partial charge is 0.335 e. The van der Waals surface area contributed by atoms with E-state index in [-0.39, 0.29) is 5.97 Å². The standard InChI is InChI=1S/C20H18BrNO3/c1-24-17-7-8-19-15(12-17)9-10-22(19)13-16(20(23)25-2)11-14-5-3-4-6-18(14)21/h3-12H,13H2,1-2H3/b16-11+. The summed E-state index contributed by atoms with van der Waals surface area (Å²) in [4.78, 5) is 12.3. The number of halogens is 1. The fourth-order valence-electron chi connectivity index (χ4n) is 2.71. The van der Waals surface area contributed by atoms with Gasteiger partial charge in [0.15, 0.2) is 0 Å². The number of esters is 1. The summed E-state index contributed by atoms with van der Waals surface area (Å²) in [5.74, 6) is 0.466. The monoisotopic (exact) mass is 399 g/mol. The van der Waals surface area contributed by atoms with Crippen LogP contribution in [0.4, 0.5) is 0 Å². The van der Waals surface area contributed by atoms with Crippen LogP contribution in [0.3, 0.4) is 0 Å². The van der Waals surface area contributed by atoms with Crippen molar-refractivity contribution < 1.29 is 14.3 Å². The van der Waals surface area contributed by atoms with Crippen molar-refractivity contribution in [2.24, 2.45) is 0 Å². The van der Waals surface area contributed by atoms with Gasteiger partial charge in [-0.2, -0.15) is 0 Å². The van der Waals surface area contributed by atoms with Crippen LogP contribution in [0.2, 0.25) is 0 Å². The fraction of sp³-hybridized carbons (Fsp3) is 0.150. The Bertz CT molecular complexity index is 943. The van der Waals surface area contributed by atoms with Crippen molar-refractivity contribution in [2.45, 2.75) is 6.54 Å². The highest BCUT2D eigenvalue weighted by atomic mass is 79.9. The van der Waals surface area contributed by atoms with E-state index in [0.717, 1.165) is 26.7 Å². The van der Waals surface area contributed by atoms with Gasteiger partial charge in [-0.1, -0.05) is 34.1 Å². The van der Waals surface area contributed by atoms with Crippen molar-refractivity contribution in [1.82, 2.24) is 4.57 Å². The molecule has 5 heteroatoms. The summed E-state index contributed by atoms with van der Waals surface area (Å²) in [5.41, 5.74) is 2.53. The van der Waals surface area contributed by atoms with E-state index < -0.39 is 0 Å². The van der Waals surface area contributed by atoms with E-state index in [1.807, 2.05) is 65.4 Å². The molecular formula is C20H18BrNO3. The Hall–Kier alpha value is -2.53. The van der Waals surface area contributed by atoms with E-state index >= 15 is 0 Å². The van der Waals surface area contributed by atoms with Gasteiger partial charge in [0.2, 0.25) is 0 Å². The Kier molecular flexibility index (Phi) is 5.24. The maximum atomic E-state index is 12.3. The van der Waals surface area contributed by atoms with Gasteiger partial charge in [0.25, 0.3) is 0 Å². The lowest BCUT2D eigenvalue weighted by atomic mass is 10.1. The van der Waals surface area contributed by atoms with Crippen molar-refractivity contribution in [1.29, 1.82) is 0 Å². The van der Waals surface area contributed by atoms with E-state index in [1.165, 1.54) is 7.11 Å². The minimum Gasteiger partial charge on any atom is -0.497 e. The molecule has 1 aromatic heterocycles. The zero-order valence-corrected chi connectivity index (χ0v) is 15.6. The second kappa shape index (κ2) is 7.57. The van der Waals surface area contributed by atoms with E-state index in [2.05, 4.69) is 15.9 Å². The van der Waals surface area contributed by atoms with E-state index in [0.29, 0.717) is 12.1 Å². The Labute approximate surface area is 154 Å². The van der Waals surface area contributed by atoms with Gasteiger partial charge in [0.05, 0.1) is 26.3 Å². The number of benzene rings is 2. The molecule has 0 unspecified atom stereocenters. The molecule has 0 saturated carbocycles. The van der Waals surface area contributed by atoms with Crippen LogP contribution in [0, 0.1) is 0 Å². The molecule has 0 aliphatic heterocycles. The third-order valence-corrected chi connectivity index (χ3v) is 4.72. The van der Waals surface area contributed by atoms with Gasteiger partial charge in [-0.3, -0.25) is 0 Å². The number of nitrogens with zero attached hydrogens (tertiary/aromatic N) is 1. The van der Waals surface area contributed by atoms with E-state index in [9.17, 15) is 4.79 Å². The van der Waals surface area contributed by atoms with E-state index in [4.69, 9.17) is 9.47 Å². The first-order chi connectivity index (χ1) is 12.1. The van der Waals surface area contributed by atoms with Crippen molar-refractivity contribution in [3.63, 3.8) is 0 Å². The van der Waals surface area contributed by atoms with Crippen LogP contribution in [0.25, 0.3) is 17.0 Å². The molecule has 0 aliphatic carbocycles. The summed E-state index contributed by atoms with van der Waals surface area (Å²) >= 11 is 3.51. The highest BCUT2D eigenvalue weighted by Gasteiger charge is 2.13.